The number of aliphatic carboxylic acids is 1. The Morgan fingerprint density at radius 1 is 0.773 bits per heavy atom. The summed E-state index contributed by atoms with van der Waals surface area (Å²) in [5.41, 5.74) is 0. The van der Waals surface area contributed by atoms with Gasteiger partial charge in [0.1, 0.15) is 0 Å². The van der Waals surface area contributed by atoms with Gasteiger partial charge in [-0.05, 0) is 32.1 Å². The van der Waals surface area contributed by atoms with E-state index in [0.717, 1.165) is 12.8 Å². The summed E-state index contributed by atoms with van der Waals surface area (Å²) in [6, 6.07) is 0. The SMILES string of the molecule is CCCCCCCC/C=C\CCCCCCCC(=O)O.[Fe].[Ni]. The smallest absolute Gasteiger partial charge is 0.303 e. The summed E-state index contributed by atoms with van der Waals surface area (Å²) in [5, 5.41) is 8.51. The van der Waals surface area contributed by atoms with Crippen LogP contribution in [-0.4, -0.2) is 11.1 Å². The van der Waals surface area contributed by atoms with Crippen molar-refractivity contribution >= 4 is 5.97 Å². The number of allylic oxidation sites excluding steroid dienone is 2. The van der Waals surface area contributed by atoms with Crippen LogP contribution in [0.3, 0.4) is 0 Å². The van der Waals surface area contributed by atoms with Gasteiger partial charge in [0.05, 0.1) is 0 Å². The zero-order chi connectivity index (χ0) is 14.9. The maximum atomic E-state index is 10.3. The molecule has 0 aliphatic carbocycles. The molecule has 22 heavy (non-hydrogen) atoms. The van der Waals surface area contributed by atoms with Crippen LogP contribution >= 0.6 is 0 Å². The molecule has 0 spiro atoms. The van der Waals surface area contributed by atoms with E-state index in [1.807, 2.05) is 0 Å². The van der Waals surface area contributed by atoms with Crippen LogP contribution in [-0.2, 0) is 38.4 Å². The Kier molecular flexibility index (Phi) is 28.9. The van der Waals surface area contributed by atoms with Crippen LogP contribution in [0.5, 0.6) is 0 Å². The largest absolute Gasteiger partial charge is 0.481 e. The van der Waals surface area contributed by atoms with Crippen LogP contribution in [0.1, 0.15) is 96.8 Å². The molecule has 0 atom stereocenters. The van der Waals surface area contributed by atoms with Crippen LogP contribution in [0.2, 0.25) is 0 Å². The molecule has 0 unspecified atom stereocenters. The first-order valence-electron chi connectivity index (χ1n) is 8.64. The van der Waals surface area contributed by atoms with Crippen LogP contribution in [0.25, 0.3) is 0 Å². The van der Waals surface area contributed by atoms with Gasteiger partial charge in [-0.3, -0.25) is 4.79 Å². The van der Waals surface area contributed by atoms with Crippen LogP contribution in [0.15, 0.2) is 12.2 Å². The molecule has 0 rings (SSSR count). The van der Waals surface area contributed by atoms with Crippen molar-refractivity contribution in [3.8, 4) is 0 Å². The molecule has 1 N–H and O–H groups in total. The average molecular weight is 397 g/mol. The van der Waals surface area contributed by atoms with Crippen LogP contribution in [0.4, 0.5) is 0 Å². The van der Waals surface area contributed by atoms with E-state index in [2.05, 4.69) is 19.1 Å². The minimum absolute atomic E-state index is 0. The summed E-state index contributed by atoms with van der Waals surface area (Å²) in [7, 11) is 0. The number of rotatable bonds is 15. The van der Waals surface area contributed by atoms with Crippen molar-refractivity contribution in [1.82, 2.24) is 0 Å². The zero-order valence-corrected chi connectivity index (χ0v) is 16.2. The quantitative estimate of drug-likeness (QED) is 0.206. The van der Waals surface area contributed by atoms with Crippen molar-refractivity contribution in [2.75, 3.05) is 0 Å². The average Bonchev–Trinajstić information content (AvgIpc) is 2.43. The minimum Gasteiger partial charge on any atom is -0.481 e. The van der Waals surface area contributed by atoms with E-state index in [4.69, 9.17) is 5.11 Å². The summed E-state index contributed by atoms with van der Waals surface area (Å²) in [6.07, 6.45) is 21.2. The Hall–Kier alpha value is 0.223. The molecule has 0 bridgehead atoms. The topological polar surface area (TPSA) is 37.3 Å². The molecule has 4 heteroatoms. The van der Waals surface area contributed by atoms with Gasteiger partial charge in [0.25, 0.3) is 0 Å². The van der Waals surface area contributed by atoms with Crippen LogP contribution in [0, 0.1) is 0 Å². The summed E-state index contributed by atoms with van der Waals surface area (Å²) in [5.74, 6) is -0.664. The minimum atomic E-state index is -0.664. The first-order chi connectivity index (χ1) is 9.77. The van der Waals surface area contributed by atoms with Crippen molar-refractivity contribution in [2.24, 2.45) is 0 Å². The summed E-state index contributed by atoms with van der Waals surface area (Å²) in [6.45, 7) is 2.26. The predicted octanol–water partition coefficient (Wildman–Crippen LogP) is 6.10. The third-order valence-corrected chi connectivity index (χ3v) is 3.65. The number of hydrogen-bond donors (Lipinski definition) is 1. The second-order valence-electron chi connectivity index (χ2n) is 5.73. The first-order valence-corrected chi connectivity index (χ1v) is 8.64. The van der Waals surface area contributed by atoms with Gasteiger partial charge >= 0.3 is 5.97 Å². The molecule has 0 aromatic rings. The van der Waals surface area contributed by atoms with Crippen molar-refractivity contribution in [3.05, 3.63) is 12.2 Å². The normalized spacial score (nSPS) is 10.2. The maximum absolute atomic E-state index is 10.3. The molecular weight excluding hydrogens is 363 g/mol. The second kappa shape index (κ2) is 23.5. The molecule has 0 aromatic carbocycles. The standard InChI is InChI=1S/C18H34O2.Fe.Ni/c1-2-3-4-5-6-7-8-9-10-11-12-13-14-15-16-17-18(19)20;;/h9-10H,2-8,11-17H2,1H3,(H,19,20);;/b10-9-;;. The maximum Gasteiger partial charge on any atom is 0.303 e. The van der Waals surface area contributed by atoms with Crippen LogP contribution < -0.4 is 0 Å². The van der Waals surface area contributed by atoms with Crippen molar-refractivity contribution in [3.63, 3.8) is 0 Å². The Balaban J connectivity index is -0.00000180. The van der Waals surface area contributed by atoms with E-state index < -0.39 is 5.97 Å². The summed E-state index contributed by atoms with van der Waals surface area (Å²) in [4.78, 5) is 10.3. The van der Waals surface area contributed by atoms with Gasteiger partial charge in [0, 0.05) is 40.0 Å². The van der Waals surface area contributed by atoms with Crippen molar-refractivity contribution in [2.45, 2.75) is 96.8 Å². The molecule has 0 saturated carbocycles. The number of carbonyl (C=O) groups is 1. The molecular formula is C18H34FeNiO2. The zero-order valence-electron chi connectivity index (χ0n) is 14.1. The Bertz CT molecular complexity index is 245. The molecule has 0 radical (unpaired) electrons. The first kappa shape index (κ1) is 27.1. The molecule has 0 heterocycles. The fraction of sp³-hybridized carbons (Fsp3) is 0.833. The van der Waals surface area contributed by atoms with Gasteiger partial charge in [-0.25, -0.2) is 0 Å². The van der Waals surface area contributed by atoms with Gasteiger partial charge in [-0.1, -0.05) is 70.4 Å². The molecule has 0 saturated heterocycles. The fourth-order valence-corrected chi connectivity index (χ4v) is 2.35. The van der Waals surface area contributed by atoms with E-state index in [-0.39, 0.29) is 33.6 Å². The third-order valence-electron chi connectivity index (χ3n) is 3.65. The van der Waals surface area contributed by atoms with Gasteiger partial charge in [-0.15, -0.1) is 0 Å². The number of carboxylic acid groups (broad SMARTS) is 1. The van der Waals surface area contributed by atoms with E-state index >= 15 is 0 Å². The number of hydrogen-bond acceptors (Lipinski definition) is 1. The molecule has 136 valence electrons. The van der Waals surface area contributed by atoms with Gasteiger partial charge in [0.15, 0.2) is 0 Å². The van der Waals surface area contributed by atoms with E-state index in [1.54, 1.807) is 0 Å². The van der Waals surface area contributed by atoms with Crippen molar-refractivity contribution in [1.29, 1.82) is 0 Å². The molecule has 0 fully saturated rings. The summed E-state index contributed by atoms with van der Waals surface area (Å²) >= 11 is 0. The second-order valence-corrected chi connectivity index (χ2v) is 5.73. The molecule has 0 aromatic heterocycles. The Morgan fingerprint density at radius 3 is 1.64 bits per heavy atom. The van der Waals surface area contributed by atoms with Gasteiger partial charge in [-0.2, -0.15) is 0 Å². The molecule has 0 aliphatic heterocycles. The Labute approximate surface area is 158 Å². The third kappa shape index (κ3) is 25.2. The van der Waals surface area contributed by atoms with Gasteiger partial charge in [0.2, 0.25) is 0 Å². The van der Waals surface area contributed by atoms with E-state index in [1.165, 1.54) is 70.6 Å². The molecule has 0 amide bonds. The summed E-state index contributed by atoms with van der Waals surface area (Å²) < 4.78 is 0. The Morgan fingerprint density at radius 2 is 1.18 bits per heavy atom. The molecule has 2 nitrogen and oxygen atoms in total. The fourth-order valence-electron chi connectivity index (χ4n) is 2.35. The molecule has 0 aliphatic rings. The van der Waals surface area contributed by atoms with Gasteiger partial charge < -0.3 is 5.11 Å². The predicted molar refractivity (Wildman–Crippen MR) is 87.1 cm³/mol. The van der Waals surface area contributed by atoms with Crippen molar-refractivity contribution < 1.29 is 43.5 Å². The monoisotopic (exact) mass is 396 g/mol. The number of unbranched alkanes of at least 4 members (excludes halogenated alkanes) is 11. The van der Waals surface area contributed by atoms with E-state index in [9.17, 15) is 4.79 Å². The number of carboxylic acids is 1. The van der Waals surface area contributed by atoms with E-state index in [0.29, 0.717) is 6.42 Å².